The van der Waals surface area contributed by atoms with E-state index in [4.69, 9.17) is 28.0 Å². The van der Waals surface area contributed by atoms with Crippen LogP contribution in [0.15, 0.2) is 31.6 Å². The third-order valence-electron chi connectivity index (χ3n) is 8.80. The number of hydrogen-bond donors (Lipinski definition) is 2. The molecule has 8 atom stereocenters. The molecule has 5 heterocycles. The first-order valence-corrected chi connectivity index (χ1v) is 18.5. The van der Waals surface area contributed by atoms with Crippen molar-refractivity contribution < 1.29 is 66.1 Å². The second-order valence-corrected chi connectivity index (χ2v) is 16.4. The largest absolute Gasteiger partial charge is 0.463 e. The highest BCUT2D eigenvalue weighted by molar-refractivity contribution is 7.61. The highest BCUT2D eigenvalue weighted by atomic mass is 31.2. The third-order valence-corrected chi connectivity index (χ3v) is 13.3. The normalized spacial score (nSPS) is 32.6. The number of rotatable bonds is 6. The van der Waals surface area contributed by atoms with Gasteiger partial charge in [0.2, 0.25) is 22.5 Å². The Morgan fingerprint density at radius 3 is 1.33 bits per heavy atom. The molecule has 0 bridgehead atoms. The third kappa shape index (κ3) is 6.21. The van der Waals surface area contributed by atoms with Crippen LogP contribution in [0.25, 0.3) is 0 Å². The molecule has 2 aromatic heterocycles. The van der Waals surface area contributed by atoms with E-state index in [1.165, 1.54) is 13.8 Å². The maximum absolute atomic E-state index is 14.5. The number of hydrogen-bond acceptors (Lipinski definition) is 16. The Hall–Kier alpha value is -4.14. The summed E-state index contributed by atoms with van der Waals surface area (Å²) in [6, 6.07) is 0. The van der Waals surface area contributed by atoms with E-state index in [0.29, 0.717) is 9.13 Å². The topological polar surface area (TPSA) is 286 Å². The van der Waals surface area contributed by atoms with Crippen LogP contribution in [0, 0.1) is 13.8 Å². The van der Waals surface area contributed by atoms with Crippen molar-refractivity contribution in [2.45, 2.75) is 89.7 Å². The zero-order chi connectivity index (χ0) is 38.9. The van der Waals surface area contributed by atoms with Crippen LogP contribution in [0.5, 0.6) is 0 Å². The van der Waals surface area contributed by atoms with Gasteiger partial charge in [-0.3, -0.25) is 56.1 Å². The van der Waals surface area contributed by atoms with Gasteiger partial charge in [-0.05, 0) is 13.8 Å². The van der Waals surface area contributed by atoms with Crippen molar-refractivity contribution >= 4 is 38.9 Å². The van der Waals surface area contributed by atoms with E-state index in [9.17, 15) is 57.3 Å². The van der Waals surface area contributed by atoms with E-state index in [-0.39, 0.29) is 20.3 Å². The molecule has 0 amide bonds. The average Bonchev–Trinajstić information content (AvgIpc) is 3.57. The second-order valence-electron chi connectivity index (χ2n) is 12.4. The van der Waals surface area contributed by atoms with Crippen molar-refractivity contribution in [2.75, 3.05) is 13.2 Å². The van der Waals surface area contributed by atoms with Gasteiger partial charge in [0.1, 0.15) is 37.9 Å². The molecule has 284 valence electrons. The zero-order valence-electron chi connectivity index (χ0n) is 28.4. The first-order chi connectivity index (χ1) is 24.0. The monoisotopic (exact) mass is 776 g/mol. The number of aryl methyl sites for hydroxylation is 2. The zero-order valence-corrected chi connectivity index (χ0v) is 30.2. The number of nitrogens with zero attached hydrogens (tertiary/aromatic N) is 4. The van der Waals surface area contributed by atoms with Gasteiger partial charge in [-0.15, -0.1) is 0 Å². The van der Waals surface area contributed by atoms with Gasteiger partial charge in [-0.25, -0.2) is 9.59 Å². The molecule has 0 aromatic carbocycles. The molecule has 3 fully saturated rings. The highest BCUT2D eigenvalue weighted by Gasteiger charge is 2.78. The molecule has 5 rings (SSSR count). The van der Waals surface area contributed by atoms with Gasteiger partial charge < -0.3 is 28.7 Å². The Kier molecular flexibility index (Phi) is 10.0. The molecule has 2 spiro atoms. The van der Waals surface area contributed by atoms with Gasteiger partial charge in [-0.2, -0.15) is 9.13 Å². The van der Waals surface area contributed by atoms with Gasteiger partial charge in [0, 0.05) is 64.1 Å². The van der Waals surface area contributed by atoms with Gasteiger partial charge in [0.25, 0.3) is 11.1 Å². The van der Waals surface area contributed by atoms with Crippen LogP contribution >= 0.6 is 15.2 Å². The Morgan fingerprint density at radius 1 is 0.712 bits per heavy atom. The maximum Gasteiger partial charge on any atom is 0.364 e. The van der Waals surface area contributed by atoms with Crippen LogP contribution in [0.1, 0.15) is 73.7 Å². The molecule has 22 nitrogen and oxygen atoms in total. The first kappa shape index (κ1) is 39.1. The fourth-order valence-electron chi connectivity index (χ4n) is 6.34. The van der Waals surface area contributed by atoms with E-state index >= 15 is 0 Å². The Balaban J connectivity index is 1.65. The summed E-state index contributed by atoms with van der Waals surface area (Å²) in [5.41, 5.74) is -4.70. The summed E-state index contributed by atoms with van der Waals surface area (Å²) in [6.45, 7) is 4.55. The van der Waals surface area contributed by atoms with Crippen LogP contribution in [0.3, 0.4) is 0 Å². The van der Waals surface area contributed by atoms with Crippen LogP contribution in [-0.2, 0) is 46.7 Å². The van der Waals surface area contributed by atoms with Crippen molar-refractivity contribution in [3.8, 4) is 0 Å². The molecule has 2 aromatic rings. The maximum atomic E-state index is 14.5. The van der Waals surface area contributed by atoms with Gasteiger partial charge in [0.15, 0.2) is 0 Å². The Bertz CT molecular complexity index is 2080. The van der Waals surface area contributed by atoms with Gasteiger partial charge >= 0.3 is 38.5 Å². The molecule has 52 heavy (non-hydrogen) atoms. The van der Waals surface area contributed by atoms with Crippen molar-refractivity contribution in [1.82, 2.24) is 18.3 Å². The molecule has 3 saturated heterocycles. The fourth-order valence-corrected chi connectivity index (χ4v) is 11.2. The van der Waals surface area contributed by atoms with Gasteiger partial charge in [0.05, 0.1) is 0 Å². The quantitative estimate of drug-likeness (QED) is 0.276. The predicted molar refractivity (Wildman–Crippen MR) is 170 cm³/mol. The van der Waals surface area contributed by atoms with Crippen LogP contribution < -0.4 is 22.5 Å². The summed E-state index contributed by atoms with van der Waals surface area (Å²) < 4.78 is 64.0. The molecule has 2 N–H and O–H groups in total. The van der Waals surface area contributed by atoms with E-state index in [0.717, 1.165) is 40.1 Å². The lowest BCUT2D eigenvalue weighted by Crippen LogP contribution is -2.54. The lowest BCUT2D eigenvalue weighted by Gasteiger charge is -2.49. The summed E-state index contributed by atoms with van der Waals surface area (Å²) in [5, 5.41) is -5.79. The Morgan fingerprint density at radius 2 is 1.04 bits per heavy atom. The standard InChI is InChI=1S/C28H34N4O18P2/c1-13-9-29(25(39)31(15(3)33)23(13)37)21-7-27(19(47-21)11-45-17(5)35)49-52(43,44)28(50-51(27,41)42)8-22(48-20(28)12-46-18(6)36)30-10-14(2)24(38)32(16(4)34)26(30)40/h9-10,19-22H,7-8,11-12H2,1-6H3,(H,41,42)(H,43,44)/t19-,20-,21-,22-,27+,28+/m1/s1. The number of carbonyl (C=O) groups excluding carboxylic acids is 4. The average molecular weight is 777 g/mol. The molecule has 0 aliphatic carbocycles. The first-order valence-electron chi connectivity index (χ1n) is 15.4. The van der Waals surface area contributed by atoms with E-state index in [1.54, 1.807) is 0 Å². The van der Waals surface area contributed by atoms with Crippen molar-refractivity contribution in [3.05, 3.63) is 65.2 Å². The molecular formula is C28H34N4O18P2. The summed E-state index contributed by atoms with van der Waals surface area (Å²) >= 11 is 0. The molecule has 3 aliphatic rings. The van der Waals surface area contributed by atoms with Crippen LogP contribution in [0.2, 0.25) is 0 Å². The van der Waals surface area contributed by atoms with Crippen molar-refractivity contribution in [1.29, 1.82) is 0 Å². The lowest BCUT2D eigenvalue weighted by atomic mass is 10.1. The highest BCUT2D eigenvalue weighted by Crippen LogP contribution is 2.82. The summed E-state index contributed by atoms with van der Waals surface area (Å²) in [4.78, 5) is 123. The van der Waals surface area contributed by atoms with Gasteiger partial charge in [-0.1, -0.05) is 0 Å². The minimum absolute atomic E-state index is 0.139. The van der Waals surface area contributed by atoms with E-state index < -0.39 is 123 Å². The van der Waals surface area contributed by atoms with Crippen molar-refractivity contribution in [2.24, 2.45) is 0 Å². The van der Waals surface area contributed by atoms with Crippen molar-refractivity contribution in [3.63, 3.8) is 0 Å². The molecule has 2 unspecified atom stereocenters. The smallest absolute Gasteiger partial charge is 0.364 e. The SMILES string of the molecule is CC(=O)OC[C@H]1O[C@@H](n2cc(C)c(=O)n(C(C)=O)c2=O)C[C@@]12OP(=O)(O)[C@]1(C[C@H](n3cc(C)c(=O)n(C(C)=O)c3=O)O[C@@H]1COC(C)=O)OP2(=O)O. The number of carbonyl (C=O) groups is 4. The minimum atomic E-state index is -5.60. The summed E-state index contributed by atoms with van der Waals surface area (Å²) in [6.07, 6.45) is -7.16. The molecule has 3 aliphatic heterocycles. The molecule has 0 saturated carbocycles. The summed E-state index contributed by atoms with van der Waals surface area (Å²) in [5.74, 6) is -3.80. The van der Waals surface area contributed by atoms with E-state index in [2.05, 4.69) is 0 Å². The molecular weight excluding hydrogens is 742 g/mol. The molecule has 24 heteroatoms. The lowest BCUT2D eigenvalue weighted by molar-refractivity contribution is -0.153. The van der Waals surface area contributed by atoms with Crippen LogP contribution in [0.4, 0.5) is 0 Å². The molecule has 0 radical (unpaired) electrons. The summed E-state index contributed by atoms with van der Waals surface area (Å²) in [7, 11) is -11.2. The minimum Gasteiger partial charge on any atom is -0.463 e. The Labute approximate surface area is 291 Å². The second kappa shape index (κ2) is 13.4. The van der Waals surface area contributed by atoms with E-state index in [1.807, 2.05) is 0 Å². The number of esters is 2. The van der Waals surface area contributed by atoms with Crippen LogP contribution in [-0.4, -0.2) is 87.9 Å². The fraction of sp³-hybridized carbons (Fsp3) is 0.571. The number of aromatic nitrogens is 4. The number of ether oxygens (including phenoxy) is 4. The predicted octanol–water partition coefficient (Wildman–Crippen LogP) is -0.518.